The molecule has 1 saturated heterocycles. The van der Waals surface area contributed by atoms with Gasteiger partial charge in [-0.15, -0.1) is 0 Å². The number of nitrogens with one attached hydrogen (secondary N) is 1. The quantitative estimate of drug-likeness (QED) is 0.523. The molecule has 1 aliphatic heterocycles. The number of benzene rings is 1. The van der Waals surface area contributed by atoms with Crippen LogP contribution in [0.15, 0.2) is 18.2 Å². The maximum Gasteiger partial charge on any atom is 0.271 e. The number of hydrogen-bond acceptors (Lipinski definition) is 5. The average Bonchev–Trinajstić information content (AvgIpc) is 2.66. The van der Waals surface area contributed by atoms with E-state index in [0.29, 0.717) is 0 Å². The predicted molar refractivity (Wildman–Crippen MR) is 77.1 cm³/mol. The Bertz CT molecular complexity index is 617. The van der Waals surface area contributed by atoms with Crippen molar-refractivity contribution in [1.29, 1.82) is 0 Å². The van der Waals surface area contributed by atoms with Crippen molar-refractivity contribution in [1.82, 2.24) is 4.90 Å². The van der Waals surface area contributed by atoms with Gasteiger partial charge in [-0.3, -0.25) is 24.6 Å². The van der Waals surface area contributed by atoms with Gasteiger partial charge in [-0.2, -0.15) is 0 Å². The lowest BCUT2D eigenvalue weighted by Crippen LogP contribution is -2.39. The van der Waals surface area contributed by atoms with E-state index in [0.717, 1.165) is 0 Å². The molecule has 1 N–H and O–H groups in total. The maximum atomic E-state index is 12.2. The Morgan fingerprint density at radius 3 is 2.62 bits per heavy atom. The van der Waals surface area contributed by atoms with Crippen LogP contribution in [0.25, 0.3) is 0 Å². The van der Waals surface area contributed by atoms with Crippen molar-refractivity contribution in [3.8, 4) is 0 Å². The number of hydrogen-bond donors (Lipinski definition) is 1. The summed E-state index contributed by atoms with van der Waals surface area (Å²) in [4.78, 5) is 35.4. The summed E-state index contributed by atoms with van der Waals surface area (Å²) in [5.41, 5.74) is 0.127. The van der Waals surface area contributed by atoms with Crippen LogP contribution in [0.2, 0.25) is 5.02 Å². The van der Waals surface area contributed by atoms with Crippen LogP contribution < -0.4 is 5.32 Å². The number of rotatable bonds is 4. The van der Waals surface area contributed by atoms with Crippen molar-refractivity contribution in [2.24, 2.45) is 0 Å². The molecule has 1 heterocycles. The van der Waals surface area contributed by atoms with Crippen LogP contribution in [0.1, 0.15) is 20.3 Å². The summed E-state index contributed by atoms with van der Waals surface area (Å²) >= 11 is 5.97. The van der Waals surface area contributed by atoms with Crippen LogP contribution >= 0.6 is 11.6 Å². The molecule has 1 fully saturated rings. The minimum Gasteiger partial charge on any atom is -0.372 e. The minimum absolute atomic E-state index is 0.00995. The lowest BCUT2D eigenvalue weighted by Gasteiger charge is -2.19. The molecule has 2 amide bonds. The Labute approximate surface area is 126 Å². The van der Waals surface area contributed by atoms with Gasteiger partial charge in [-0.05, 0) is 19.9 Å². The van der Waals surface area contributed by atoms with Crippen molar-refractivity contribution in [2.75, 3.05) is 5.32 Å². The van der Waals surface area contributed by atoms with E-state index in [2.05, 4.69) is 5.32 Å². The predicted octanol–water partition coefficient (Wildman–Crippen LogP) is 2.20. The van der Waals surface area contributed by atoms with Crippen LogP contribution in [0.3, 0.4) is 0 Å². The molecule has 0 bridgehead atoms. The van der Waals surface area contributed by atoms with E-state index < -0.39 is 11.0 Å². The third kappa shape index (κ3) is 2.97. The van der Waals surface area contributed by atoms with Crippen LogP contribution in [0.5, 0.6) is 0 Å². The first-order valence-electron chi connectivity index (χ1n) is 6.37. The van der Waals surface area contributed by atoms with Gasteiger partial charge in [0.05, 0.1) is 22.1 Å². The number of nitro benzene ring substituents is 1. The van der Waals surface area contributed by atoms with Gasteiger partial charge in [0, 0.05) is 18.2 Å². The lowest BCUT2D eigenvalue weighted by molar-refractivity contribution is -0.384. The molecule has 1 aromatic rings. The zero-order chi connectivity index (χ0) is 15.7. The third-order valence-corrected chi connectivity index (χ3v) is 3.52. The third-order valence-electron chi connectivity index (χ3n) is 3.19. The number of carbonyl (C=O) groups is 2. The van der Waals surface area contributed by atoms with E-state index in [4.69, 9.17) is 11.6 Å². The van der Waals surface area contributed by atoms with Gasteiger partial charge in [0.25, 0.3) is 11.6 Å². The van der Waals surface area contributed by atoms with Gasteiger partial charge in [-0.1, -0.05) is 11.6 Å². The van der Waals surface area contributed by atoms with Gasteiger partial charge < -0.3 is 5.32 Å². The van der Waals surface area contributed by atoms with Crippen LogP contribution in [0.4, 0.5) is 11.4 Å². The van der Waals surface area contributed by atoms with Crippen molar-refractivity contribution < 1.29 is 14.5 Å². The molecule has 1 unspecified atom stereocenters. The molecule has 1 atom stereocenters. The first-order chi connectivity index (χ1) is 9.81. The first kappa shape index (κ1) is 15.2. The highest BCUT2D eigenvalue weighted by Gasteiger charge is 2.40. The van der Waals surface area contributed by atoms with E-state index in [9.17, 15) is 19.7 Å². The molecule has 2 rings (SSSR count). The standard InChI is InChI=1S/C13H14ClN3O4/c1-7(2)16-12(18)6-11(13(16)19)15-10-5-8(17(20)21)3-4-9(10)14/h3-5,7,11,15H,6H2,1-2H3. The van der Waals surface area contributed by atoms with E-state index >= 15 is 0 Å². The molecule has 21 heavy (non-hydrogen) atoms. The number of imide groups is 1. The average molecular weight is 312 g/mol. The molecule has 1 aromatic carbocycles. The van der Waals surface area contributed by atoms with Gasteiger partial charge in [0.2, 0.25) is 5.91 Å². The Balaban J connectivity index is 2.23. The monoisotopic (exact) mass is 311 g/mol. The summed E-state index contributed by atoms with van der Waals surface area (Å²) in [5.74, 6) is -0.619. The normalized spacial score (nSPS) is 18.5. The zero-order valence-corrected chi connectivity index (χ0v) is 12.3. The van der Waals surface area contributed by atoms with E-state index in [-0.39, 0.29) is 40.7 Å². The molecule has 0 saturated carbocycles. The Kier molecular flexibility index (Phi) is 4.13. The van der Waals surface area contributed by atoms with Crippen molar-refractivity contribution in [2.45, 2.75) is 32.4 Å². The second kappa shape index (κ2) is 5.69. The maximum absolute atomic E-state index is 12.2. The number of non-ortho nitro benzene ring substituents is 1. The summed E-state index contributed by atoms with van der Waals surface area (Å²) in [6.45, 7) is 3.50. The van der Waals surface area contributed by atoms with Crippen molar-refractivity contribution in [3.63, 3.8) is 0 Å². The summed E-state index contributed by atoms with van der Waals surface area (Å²) < 4.78 is 0. The Morgan fingerprint density at radius 2 is 2.10 bits per heavy atom. The van der Waals surface area contributed by atoms with Gasteiger partial charge in [0.15, 0.2) is 0 Å². The van der Waals surface area contributed by atoms with Crippen LogP contribution in [-0.4, -0.2) is 33.7 Å². The van der Waals surface area contributed by atoms with E-state index in [1.807, 2.05) is 0 Å². The van der Waals surface area contributed by atoms with Crippen molar-refractivity contribution >= 4 is 34.8 Å². The molecule has 0 spiro atoms. The number of amides is 2. The highest BCUT2D eigenvalue weighted by Crippen LogP contribution is 2.29. The molecular weight excluding hydrogens is 298 g/mol. The molecule has 7 nitrogen and oxygen atoms in total. The second-order valence-corrected chi connectivity index (χ2v) is 5.43. The van der Waals surface area contributed by atoms with Crippen molar-refractivity contribution in [3.05, 3.63) is 33.3 Å². The minimum atomic E-state index is -0.751. The molecule has 0 aromatic heterocycles. The summed E-state index contributed by atoms with van der Waals surface area (Å²) in [6.07, 6.45) is 0.00995. The molecule has 0 aliphatic carbocycles. The van der Waals surface area contributed by atoms with Gasteiger partial charge in [-0.25, -0.2) is 0 Å². The number of carbonyl (C=O) groups excluding carboxylic acids is 2. The highest BCUT2D eigenvalue weighted by molar-refractivity contribution is 6.33. The van der Waals surface area contributed by atoms with E-state index in [1.54, 1.807) is 13.8 Å². The molecular formula is C13H14ClN3O4. The Hall–Kier alpha value is -2.15. The molecule has 8 heteroatoms. The smallest absolute Gasteiger partial charge is 0.271 e. The summed E-state index contributed by atoms with van der Waals surface area (Å²) in [6, 6.07) is 2.92. The van der Waals surface area contributed by atoms with Crippen LogP contribution in [0, 0.1) is 10.1 Å². The fourth-order valence-electron chi connectivity index (χ4n) is 2.23. The SMILES string of the molecule is CC(C)N1C(=O)CC(Nc2cc([N+](=O)[O-])ccc2Cl)C1=O. The van der Waals surface area contributed by atoms with E-state index in [1.165, 1.54) is 23.1 Å². The zero-order valence-electron chi connectivity index (χ0n) is 11.5. The second-order valence-electron chi connectivity index (χ2n) is 5.02. The summed E-state index contributed by atoms with van der Waals surface area (Å²) in [5, 5.41) is 13.8. The topological polar surface area (TPSA) is 92.6 Å². The Morgan fingerprint density at radius 1 is 1.43 bits per heavy atom. The number of halogens is 1. The van der Waals surface area contributed by atoms with Gasteiger partial charge >= 0.3 is 0 Å². The lowest BCUT2D eigenvalue weighted by atomic mass is 10.2. The highest BCUT2D eigenvalue weighted by atomic mass is 35.5. The molecule has 0 radical (unpaired) electrons. The molecule has 1 aliphatic rings. The number of anilines is 1. The fourth-order valence-corrected chi connectivity index (χ4v) is 2.40. The van der Waals surface area contributed by atoms with Gasteiger partial charge in [0.1, 0.15) is 6.04 Å². The molecule has 112 valence electrons. The largest absolute Gasteiger partial charge is 0.372 e. The summed E-state index contributed by atoms with van der Waals surface area (Å²) in [7, 11) is 0. The number of nitrogens with zero attached hydrogens (tertiary/aromatic N) is 2. The number of likely N-dealkylation sites (tertiary alicyclic amines) is 1. The first-order valence-corrected chi connectivity index (χ1v) is 6.75. The van der Waals surface area contributed by atoms with Crippen LogP contribution in [-0.2, 0) is 9.59 Å². The fraction of sp³-hybridized carbons (Fsp3) is 0.385. The number of nitro groups is 1.